The fraction of sp³-hybridized carbons (Fsp3) is 0.900. The molecule has 76 valence electrons. The maximum absolute atomic E-state index is 11.8. The van der Waals surface area contributed by atoms with Gasteiger partial charge in [0.25, 0.3) is 0 Å². The number of hydrogen-bond acceptors (Lipinski definition) is 2. The van der Waals surface area contributed by atoms with Gasteiger partial charge >= 0.3 is 0 Å². The van der Waals surface area contributed by atoms with Crippen LogP contribution in [0.4, 0.5) is 0 Å². The number of likely N-dealkylation sites (N-methyl/N-ethyl adjacent to an activating group) is 2. The molecule has 0 saturated carbocycles. The number of likely N-dealkylation sites (tertiary alicyclic amines) is 1. The zero-order chi connectivity index (χ0) is 9.84. The van der Waals surface area contributed by atoms with Crippen LogP contribution in [0.15, 0.2) is 0 Å². The van der Waals surface area contributed by atoms with E-state index in [4.69, 9.17) is 0 Å². The average molecular weight is 184 g/mol. The number of carbonyl (C=O) groups is 1. The quantitative estimate of drug-likeness (QED) is 0.652. The highest BCUT2D eigenvalue weighted by Gasteiger charge is 2.29. The molecule has 1 fully saturated rings. The molecular weight excluding hydrogens is 164 g/mol. The van der Waals surface area contributed by atoms with Crippen molar-refractivity contribution in [2.24, 2.45) is 0 Å². The van der Waals surface area contributed by atoms with Gasteiger partial charge in [0.15, 0.2) is 0 Å². The van der Waals surface area contributed by atoms with E-state index in [1.807, 2.05) is 11.9 Å². The van der Waals surface area contributed by atoms with Crippen molar-refractivity contribution < 1.29 is 4.79 Å². The Morgan fingerprint density at radius 3 is 2.62 bits per heavy atom. The van der Waals surface area contributed by atoms with Crippen molar-refractivity contribution in [1.82, 2.24) is 9.80 Å². The van der Waals surface area contributed by atoms with Crippen molar-refractivity contribution in [1.29, 1.82) is 0 Å². The molecule has 1 rings (SSSR count). The third-order valence-corrected chi connectivity index (χ3v) is 2.89. The van der Waals surface area contributed by atoms with Gasteiger partial charge < -0.3 is 4.90 Å². The summed E-state index contributed by atoms with van der Waals surface area (Å²) >= 11 is 0. The summed E-state index contributed by atoms with van der Waals surface area (Å²) in [5.74, 6) is 0.301. The minimum absolute atomic E-state index is 0.147. The van der Waals surface area contributed by atoms with Crippen LogP contribution in [-0.4, -0.2) is 48.4 Å². The molecule has 0 spiro atoms. The Morgan fingerprint density at radius 1 is 1.46 bits per heavy atom. The van der Waals surface area contributed by atoms with Crippen molar-refractivity contribution in [3.63, 3.8) is 0 Å². The summed E-state index contributed by atoms with van der Waals surface area (Å²) in [6.07, 6.45) is 2.17. The molecule has 0 aromatic heterocycles. The van der Waals surface area contributed by atoms with Crippen LogP contribution in [0.25, 0.3) is 0 Å². The van der Waals surface area contributed by atoms with E-state index in [1.54, 1.807) is 0 Å². The van der Waals surface area contributed by atoms with E-state index in [2.05, 4.69) is 18.7 Å². The van der Waals surface area contributed by atoms with Crippen molar-refractivity contribution in [2.45, 2.75) is 32.7 Å². The fourth-order valence-corrected chi connectivity index (χ4v) is 2.01. The zero-order valence-corrected chi connectivity index (χ0v) is 8.92. The Bertz CT molecular complexity index is 178. The van der Waals surface area contributed by atoms with Gasteiger partial charge in [-0.3, -0.25) is 9.69 Å². The Kier molecular flexibility index (Phi) is 3.72. The predicted molar refractivity (Wildman–Crippen MR) is 53.6 cm³/mol. The first kappa shape index (κ1) is 10.5. The summed E-state index contributed by atoms with van der Waals surface area (Å²) in [6.45, 7) is 7.11. The molecule has 1 saturated heterocycles. The molecule has 1 atom stereocenters. The molecular formula is C10H20N2O. The standard InChI is InChI=1S/C10H20N2O/c1-4-12(5-2)9-7-6-8-11(3)10(9)13/h9H,4-8H2,1-3H3. The minimum Gasteiger partial charge on any atom is -0.344 e. The van der Waals surface area contributed by atoms with Crippen molar-refractivity contribution >= 4 is 5.91 Å². The Labute approximate surface area is 80.7 Å². The summed E-state index contributed by atoms with van der Waals surface area (Å²) < 4.78 is 0. The molecule has 0 bridgehead atoms. The number of nitrogens with zero attached hydrogens (tertiary/aromatic N) is 2. The van der Waals surface area contributed by atoms with Gasteiger partial charge in [0.05, 0.1) is 6.04 Å². The van der Waals surface area contributed by atoms with Gasteiger partial charge in [-0.25, -0.2) is 0 Å². The molecule has 1 aliphatic heterocycles. The van der Waals surface area contributed by atoms with E-state index in [0.717, 1.165) is 32.5 Å². The summed E-state index contributed by atoms with van der Waals surface area (Å²) in [7, 11) is 1.90. The second-order valence-corrected chi connectivity index (χ2v) is 3.64. The smallest absolute Gasteiger partial charge is 0.239 e. The van der Waals surface area contributed by atoms with Crippen LogP contribution in [0.3, 0.4) is 0 Å². The summed E-state index contributed by atoms with van der Waals surface area (Å²) in [5.41, 5.74) is 0. The average Bonchev–Trinajstić information content (AvgIpc) is 2.14. The minimum atomic E-state index is 0.147. The fourth-order valence-electron chi connectivity index (χ4n) is 2.01. The van der Waals surface area contributed by atoms with E-state index in [-0.39, 0.29) is 6.04 Å². The van der Waals surface area contributed by atoms with Gasteiger partial charge in [-0.2, -0.15) is 0 Å². The number of hydrogen-bond donors (Lipinski definition) is 0. The second-order valence-electron chi connectivity index (χ2n) is 3.64. The van der Waals surface area contributed by atoms with Crippen LogP contribution in [0.5, 0.6) is 0 Å². The van der Waals surface area contributed by atoms with Gasteiger partial charge in [-0.15, -0.1) is 0 Å². The maximum Gasteiger partial charge on any atom is 0.239 e. The monoisotopic (exact) mass is 184 g/mol. The normalized spacial score (nSPS) is 24.2. The third-order valence-electron chi connectivity index (χ3n) is 2.89. The number of carbonyl (C=O) groups excluding carboxylic acids is 1. The van der Waals surface area contributed by atoms with E-state index in [0.29, 0.717) is 5.91 Å². The SMILES string of the molecule is CCN(CC)C1CCCN(C)C1=O. The molecule has 0 N–H and O–H groups in total. The Balaban J connectivity index is 2.61. The van der Waals surface area contributed by atoms with Crippen molar-refractivity contribution in [2.75, 3.05) is 26.7 Å². The lowest BCUT2D eigenvalue weighted by Crippen LogP contribution is -2.50. The second kappa shape index (κ2) is 4.61. The van der Waals surface area contributed by atoms with Gasteiger partial charge in [-0.05, 0) is 25.9 Å². The Morgan fingerprint density at radius 2 is 2.08 bits per heavy atom. The molecule has 3 nitrogen and oxygen atoms in total. The van der Waals surface area contributed by atoms with Crippen molar-refractivity contribution in [3.8, 4) is 0 Å². The summed E-state index contributed by atoms with van der Waals surface area (Å²) in [6, 6.07) is 0.147. The molecule has 1 amide bonds. The number of piperidine rings is 1. The van der Waals surface area contributed by atoms with Crippen molar-refractivity contribution in [3.05, 3.63) is 0 Å². The molecule has 0 aromatic rings. The highest BCUT2D eigenvalue weighted by atomic mass is 16.2. The lowest BCUT2D eigenvalue weighted by atomic mass is 10.0. The van der Waals surface area contributed by atoms with Gasteiger partial charge in [0, 0.05) is 13.6 Å². The van der Waals surface area contributed by atoms with Crippen LogP contribution >= 0.6 is 0 Å². The molecule has 13 heavy (non-hydrogen) atoms. The van der Waals surface area contributed by atoms with Crippen LogP contribution in [-0.2, 0) is 4.79 Å². The molecule has 3 heteroatoms. The van der Waals surface area contributed by atoms with E-state index in [9.17, 15) is 4.79 Å². The first-order chi connectivity index (χ1) is 6.20. The largest absolute Gasteiger partial charge is 0.344 e. The van der Waals surface area contributed by atoms with Crippen LogP contribution in [0.2, 0.25) is 0 Å². The first-order valence-electron chi connectivity index (χ1n) is 5.19. The lowest BCUT2D eigenvalue weighted by molar-refractivity contribution is -0.138. The van der Waals surface area contributed by atoms with Crippen LogP contribution < -0.4 is 0 Å². The van der Waals surface area contributed by atoms with Gasteiger partial charge in [-0.1, -0.05) is 13.8 Å². The van der Waals surface area contributed by atoms with E-state index in [1.165, 1.54) is 0 Å². The highest BCUT2D eigenvalue weighted by Crippen LogP contribution is 2.15. The molecule has 1 unspecified atom stereocenters. The zero-order valence-electron chi connectivity index (χ0n) is 8.92. The Hall–Kier alpha value is -0.570. The van der Waals surface area contributed by atoms with Gasteiger partial charge in [0.2, 0.25) is 5.91 Å². The summed E-state index contributed by atoms with van der Waals surface area (Å²) in [5, 5.41) is 0. The molecule has 1 heterocycles. The first-order valence-corrected chi connectivity index (χ1v) is 5.19. The molecule has 0 aromatic carbocycles. The topological polar surface area (TPSA) is 23.6 Å². The molecule has 1 aliphatic rings. The number of rotatable bonds is 3. The van der Waals surface area contributed by atoms with E-state index >= 15 is 0 Å². The lowest BCUT2D eigenvalue weighted by Gasteiger charge is -2.35. The maximum atomic E-state index is 11.8. The van der Waals surface area contributed by atoms with E-state index < -0.39 is 0 Å². The van der Waals surface area contributed by atoms with Crippen LogP contribution in [0, 0.1) is 0 Å². The molecule has 0 radical (unpaired) electrons. The predicted octanol–water partition coefficient (Wildman–Crippen LogP) is 0.949. The third kappa shape index (κ3) is 2.21. The number of amides is 1. The van der Waals surface area contributed by atoms with Gasteiger partial charge in [0.1, 0.15) is 0 Å². The summed E-state index contributed by atoms with van der Waals surface area (Å²) in [4.78, 5) is 15.9. The highest BCUT2D eigenvalue weighted by molar-refractivity contribution is 5.82. The van der Waals surface area contributed by atoms with Crippen LogP contribution in [0.1, 0.15) is 26.7 Å². The molecule has 0 aliphatic carbocycles.